The van der Waals surface area contributed by atoms with Crippen LogP contribution in [0.4, 0.5) is 23.2 Å². The molecule has 0 fully saturated rings. The number of aromatic amines is 1. The van der Waals surface area contributed by atoms with Gasteiger partial charge in [0.15, 0.2) is 0 Å². The third kappa shape index (κ3) is 4.79. The quantitative estimate of drug-likeness (QED) is 0.171. The zero-order chi connectivity index (χ0) is 26.2. The number of carbonyl (C=O) groups is 1. The van der Waals surface area contributed by atoms with Crippen LogP contribution in [0.3, 0.4) is 0 Å². The number of nitrogens with one attached hydrogen (secondary N) is 2. The normalized spacial score (nSPS) is 11.5. The van der Waals surface area contributed by atoms with Crippen molar-refractivity contribution >= 4 is 22.6 Å². The first-order valence-electron chi connectivity index (χ1n) is 10.8. The van der Waals surface area contributed by atoms with Crippen LogP contribution in [0.1, 0.15) is 16.1 Å². The number of fused-ring (bicyclic) bond motifs is 1. The van der Waals surface area contributed by atoms with Crippen molar-refractivity contribution in [2.75, 3.05) is 5.32 Å². The Hall–Kier alpha value is -4.93. The van der Waals surface area contributed by atoms with Crippen molar-refractivity contribution in [2.24, 2.45) is 0 Å². The summed E-state index contributed by atoms with van der Waals surface area (Å²) in [5.74, 6) is -1.39. The summed E-state index contributed by atoms with van der Waals surface area (Å²) >= 11 is 0. The molecule has 5 aromatic rings. The van der Waals surface area contributed by atoms with Crippen molar-refractivity contribution in [3.8, 4) is 22.8 Å². The van der Waals surface area contributed by atoms with Crippen molar-refractivity contribution < 1.29 is 31.8 Å². The lowest BCUT2D eigenvalue weighted by Crippen LogP contribution is -2.39. The van der Waals surface area contributed by atoms with Crippen molar-refractivity contribution in [3.63, 3.8) is 0 Å². The molecule has 7 nitrogen and oxygen atoms in total. The second-order valence-electron chi connectivity index (χ2n) is 7.91. The van der Waals surface area contributed by atoms with Gasteiger partial charge in [-0.05, 0) is 60.7 Å². The average Bonchev–Trinajstić information content (AvgIpc) is 3.35. The van der Waals surface area contributed by atoms with E-state index in [0.29, 0.717) is 22.3 Å². The maximum Gasteiger partial charge on any atom is 0.418 e. The van der Waals surface area contributed by atoms with Gasteiger partial charge in [-0.3, -0.25) is 4.79 Å². The molecule has 5 rings (SSSR count). The van der Waals surface area contributed by atoms with E-state index in [-0.39, 0.29) is 16.2 Å². The summed E-state index contributed by atoms with van der Waals surface area (Å²) in [4.78, 5) is 19.8. The number of H-pyrrole nitrogens is 1. The van der Waals surface area contributed by atoms with Crippen LogP contribution in [0, 0.1) is 11.0 Å². The van der Waals surface area contributed by atoms with Gasteiger partial charge in [0, 0.05) is 30.1 Å². The predicted octanol–water partition coefficient (Wildman–Crippen LogP) is 6.07. The van der Waals surface area contributed by atoms with Gasteiger partial charge in [0.1, 0.15) is 23.0 Å². The molecule has 2 aromatic carbocycles. The largest absolute Gasteiger partial charge is 0.618 e. The lowest BCUT2D eigenvalue weighted by molar-refractivity contribution is -0.595. The van der Waals surface area contributed by atoms with Crippen LogP contribution in [0.15, 0.2) is 85.2 Å². The molecule has 0 aliphatic carbocycles. The number of carbonyl (C=O) groups excluding carboxylic acids is 1. The number of benzene rings is 2. The van der Waals surface area contributed by atoms with Crippen molar-refractivity contribution in [3.05, 3.63) is 107 Å². The maximum atomic E-state index is 13.9. The molecule has 1 amide bonds. The van der Waals surface area contributed by atoms with E-state index in [9.17, 15) is 27.6 Å². The molecular weight excluding hydrogens is 492 g/mol. The van der Waals surface area contributed by atoms with Crippen molar-refractivity contribution in [1.82, 2.24) is 9.97 Å². The van der Waals surface area contributed by atoms with Gasteiger partial charge >= 0.3 is 12.1 Å². The van der Waals surface area contributed by atoms with E-state index >= 15 is 0 Å². The molecule has 186 valence electrons. The summed E-state index contributed by atoms with van der Waals surface area (Å²) in [6, 6.07) is 15.2. The summed E-state index contributed by atoms with van der Waals surface area (Å²) in [7, 11) is 0. The Morgan fingerprint density at radius 3 is 2.57 bits per heavy atom. The van der Waals surface area contributed by atoms with Gasteiger partial charge in [0.05, 0.1) is 16.6 Å². The molecule has 3 aromatic heterocycles. The Kier molecular flexibility index (Phi) is 5.96. The molecule has 0 atom stereocenters. The molecule has 11 heteroatoms. The molecule has 3 heterocycles. The second kappa shape index (κ2) is 9.26. The number of nitrogens with zero attached hydrogens (tertiary/aromatic N) is 2. The standard InChI is InChI=1S/C26H16F4N4O3/c27-16-6-4-15(5-7-16)21-2-1-3-22(34(21)36)25(35)33-20-9-8-17(14-19(20)26(28,29)30)37-23-11-13-32-24-18(23)10-12-31-24/h1-14H,(H,31,32)(H,33,35). The van der Waals surface area contributed by atoms with Crippen LogP contribution in [0.25, 0.3) is 22.3 Å². The number of amides is 1. The highest BCUT2D eigenvalue weighted by Gasteiger charge is 2.35. The molecule has 0 saturated carbocycles. The summed E-state index contributed by atoms with van der Waals surface area (Å²) < 4.78 is 60.9. The highest BCUT2D eigenvalue weighted by molar-refractivity contribution is 6.02. The zero-order valence-electron chi connectivity index (χ0n) is 18.7. The number of anilines is 1. The Bertz CT molecular complexity index is 1620. The zero-order valence-corrected chi connectivity index (χ0v) is 18.7. The number of pyridine rings is 2. The summed E-state index contributed by atoms with van der Waals surface area (Å²) in [5.41, 5.74) is -1.30. The van der Waals surface area contributed by atoms with Crippen LogP contribution in [0.2, 0.25) is 0 Å². The highest BCUT2D eigenvalue weighted by Crippen LogP contribution is 2.39. The molecule has 0 aliphatic rings. The second-order valence-corrected chi connectivity index (χ2v) is 7.91. The fraction of sp³-hybridized carbons (Fsp3) is 0.0385. The Morgan fingerprint density at radius 1 is 1.03 bits per heavy atom. The lowest BCUT2D eigenvalue weighted by Gasteiger charge is -2.16. The van der Waals surface area contributed by atoms with E-state index in [1.807, 2.05) is 0 Å². The van der Waals surface area contributed by atoms with Crippen molar-refractivity contribution in [1.29, 1.82) is 0 Å². The van der Waals surface area contributed by atoms with Gasteiger partial charge in [0.25, 0.3) is 5.69 Å². The molecule has 0 unspecified atom stereocenters. The van der Waals surface area contributed by atoms with Gasteiger partial charge in [-0.2, -0.15) is 17.9 Å². The average molecular weight is 508 g/mol. The predicted molar refractivity (Wildman–Crippen MR) is 126 cm³/mol. The van der Waals surface area contributed by atoms with Crippen LogP contribution in [-0.2, 0) is 6.18 Å². The molecule has 2 N–H and O–H groups in total. The van der Waals surface area contributed by atoms with E-state index in [1.54, 1.807) is 12.3 Å². The Balaban J connectivity index is 1.45. The molecule has 0 aliphatic heterocycles. The fourth-order valence-electron chi connectivity index (χ4n) is 3.77. The fourth-order valence-corrected chi connectivity index (χ4v) is 3.77. The van der Waals surface area contributed by atoms with Crippen LogP contribution >= 0.6 is 0 Å². The molecule has 0 saturated heterocycles. The molecule has 0 radical (unpaired) electrons. The number of halogens is 4. The minimum atomic E-state index is -4.84. The topological polar surface area (TPSA) is 93.9 Å². The van der Waals surface area contributed by atoms with E-state index < -0.39 is 34.8 Å². The minimum absolute atomic E-state index is 0.0286. The summed E-state index contributed by atoms with van der Waals surface area (Å²) in [6.45, 7) is 0. The number of hydrogen-bond donors (Lipinski definition) is 2. The maximum absolute atomic E-state index is 13.9. The number of alkyl halides is 3. The Morgan fingerprint density at radius 2 is 1.81 bits per heavy atom. The third-order valence-corrected chi connectivity index (χ3v) is 5.51. The molecule has 0 bridgehead atoms. The van der Waals surface area contributed by atoms with Gasteiger partial charge < -0.3 is 20.2 Å². The smallest absolute Gasteiger partial charge is 0.418 e. The minimum Gasteiger partial charge on any atom is -0.618 e. The Labute approximate surface area is 206 Å². The van der Waals surface area contributed by atoms with E-state index in [2.05, 4.69) is 15.3 Å². The monoisotopic (exact) mass is 508 g/mol. The summed E-state index contributed by atoms with van der Waals surface area (Å²) in [6.07, 6.45) is -1.77. The van der Waals surface area contributed by atoms with Crippen LogP contribution in [-0.4, -0.2) is 15.9 Å². The van der Waals surface area contributed by atoms with Gasteiger partial charge in [-0.25, -0.2) is 9.37 Å². The molecule has 0 spiro atoms. The van der Waals surface area contributed by atoms with Crippen molar-refractivity contribution in [2.45, 2.75) is 6.18 Å². The van der Waals surface area contributed by atoms with Gasteiger partial charge in [-0.15, -0.1) is 0 Å². The van der Waals surface area contributed by atoms with E-state index in [0.717, 1.165) is 24.3 Å². The number of aromatic nitrogens is 3. The molecule has 37 heavy (non-hydrogen) atoms. The van der Waals surface area contributed by atoms with E-state index in [1.165, 1.54) is 48.7 Å². The first-order valence-corrected chi connectivity index (χ1v) is 10.8. The van der Waals surface area contributed by atoms with E-state index in [4.69, 9.17) is 4.74 Å². The highest BCUT2D eigenvalue weighted by atomic mass is 19.4. The number of hydrogen-bond acceptors (Lipinski definition) is 4. The first kappa shape index (κ1) is 23.8. The van der Waals surface area contributed by atoms with Gasteiger partial charge in [0.2, 0.25) is 5.69 Å². The number of rotatable bonds is 5. The molecular formula is C26H16F4N4O3. The van der Waals surface area contributed by atoms with Gasteiger partial charge in [-0.1, -0.05) is 0 Å². The summed E-state index contributed by atoms with van der Waals surface area (Å²) in [5, 5.41) is 15.6. The SMILES string of the molecule is O=C(Nc1ccc(Oc2ccnc3[nH]ccc23)cc1C(F)(F)F)c1cccc(-c2ccc(F)cc2)[n+]1[O-]. The van der Waals surface area contributed by atoms with Crippen LogP contribution in [0.5, 0.6) is 11.5 Å². The third-order valence-electron chi connectivity index (χ3n) is 5.51. The van der Waals surface area contributed by atoms with Crippen LogP contribution < -0.4 is 14.8 Å². The lowest BCUT2D eigenvalue weighted by atomic mass is 10.1. The first-order chi connectivity index (χ1) is 17.7. The number of ether oxygens (including phenoxy) is 1.